The molecule has 0 aliphatic heterocycles. The van der Waals surface area contributed by atoms with Crippen LogP contribution in [-0.4, -0.2) is 22.9 Å². The molecular weight excluding hydrogens is 246 g/mol. The lowest BCUT2D eigenvalue weighted by Crippen LogP contribution is -2.28. The summed E-state index contributed by atoms with van der Waals surface area (Å²) < 4.78 is 2.03. The molecule has 0 fully saturated rings. The summed E-state index contributed by atoms with van der Waals surface area (Å²) in [4.78, 5) is 0. The topological polar surface area (TPSA) is 29.9 Å². The third-order valence-electron chi connectivity index (χ3n) is 3.68. The van der Waals surface area contributed by atoms with Crippen LogP contribution in [0.5, 0.6) is 0 Å². The van der Waals surface area contributed by atoms with Crippen LogP contribution in [0.3, 0.4) is 0 Å². The first-order valence-corrected chi connectivity index (χ1v) is 7.44. The fraction of sp³-hybridized carbons (Fsp3) is 0.471. The molecule has 0 amide bonds. The SMILES string of the molecule is CNC(CCc1ccccc1)Cc1ccn(C(C)C)n1. The van der Waals surface area contributed by atoms with Crippen molar-refractivity contribution in [2.24, 2.45) is 0 Å². The zero-order chi connectivity index (χ0) is 14.4. The van der Waals surface area contributed by atoms with E-state index in [1.807, 2.05) is 11.7 Å². The summed E-state index contributed by atoms with van der Waals surface area (Å²) in [6, 6.07) is 13.7. The molecule has 0 radical (unpaired) electrons. The standard InChI is InChI=1S/C17H25N3/c1-14(2)20-12-11-17(19-20)13-16(18-3)10-9-15-7-5-4-6-8-15/h4-8,11-12,14,16,18H,9-10,13H2,1-3H3. The highest BCUT2D eigenvalue weighted by Gasteiger charge is 2.10. The van der Waals surface area contributed by atoms with Gasteiger partial charge in [-0.2, -0.15) is 5.10 Å². The van der Waals surface area contributed by atoms with Crippen molar-refractivity contribution in [1.29, 1.82) is 0 Å². The molecule has 3 heteroatoms. The van der Waals surface area contributed by atoms with Crippen LogP contribution in [0.1, 0.15) is 37.6 Å². The zero-order valence-corrected chi connectivity index (χ0v) is 12.7. The Morgan fingerprint density at radius 1 is 1.15 bits per heavy atom. The van der Waals surface area contributed by atoms with E-state index in [1.165, 1.54) is 11.3 Å². The molecule has 0 saturated carbocycles. The lowest BCUT2D eigenvalue weighted by atomic mass is 10.0. The van der Waals surface area contributed by atoms with Crippen LogP contribution in [0.4, 0.5) is 0 Å². The molecular formula is C17H25N3. The molecule has 0 aliphatic rings. The van der Waals surface area contributed by atoms with Crippen LogP contribution >= 0.6 is 0 Å². The molecule has 1 aromatic heterocycles. The normalized spacial score (nSPS) is 12.8. The Hall–Kier alpha value is -1.61. The second-order valence-electron chi connectivity index (χ2n) is 5.59. The molecule has 1 heterocycles. The summed E-state index contributed by atoms with van der Waals surface area (Å²) in [7, 11) is 2.04. The van der Waals surface area contributed by atoms with E-state index in [9.17, 15) is 0 Å². The van der Waals surface area contributed by atoms with Crippen molar-refractivity contribution in [3.05, 3.63) is 53.9 Å². The van der Waals surface area contributed by atoms with Crippen molar-refractivity contribution in [1.82, 2.24) is 15.1 Å². The van der Waals surface area contributed by atoms with E-state index in [0.29, 0.717) is 12.1 Å². The minimum atomic E-state index is 0.432. The largest absolute Gasteiger partial charge is 0.317 e. The maximum atomic E-state index is 4.63. The van der Waals surface area contributed by atoms with Gasteiger partial charge in [0.2, 0.25) is 0 Å². The Labute approximate surface area is 122 Å². The van der Waals surface area contributed by atoms with Crippen LogP contribution in [0, 0.1) is 0 Å². The second-order valence-corrected chi connectivity index (χ2v) is 5.59. The predicted octanol–water partition coefficient (Wildman–Crippen LogP) is 3.23. The van der Waals surface area contributed by atoms with Gasteiger partial charge in [0.15, 0.2) is 0 Å². The average molecular weight is 271 g/mol. The van der Waals surface area contributed by atoms with Crippen molar-refractivity contribution in [2.75, 3.05) is 7.05 Å². The van der Waals surface area contributed by atoms with E-state index in [1.54, 1.807) is 0 Å². The van der Waals surface area contributed by atoms with Crippen LogP contribution in [0.2, 0.25) is 0 Å². The predicted molar refractivity (Wildman–Crippen MR) is 83.9 cm³/mol. The van der Waals surface area contributed by atoms with E-state index < -0.39 is 0 Å². The Morgan fingerprint density at radius 3 is 2.50 bits per heavy atom. The van der Waals surface area contributed by atoms with E-state index in [0.717, 1.165) is 19.3 Å². The fourth-order valence-corrected chi connectivity index (χ4v) is 2.36. The maximum Gasteiger partial charge on any atom is 0.0640 e. The molecule has 0 spiro atoms. The molecule has 1 aromatic carbocycles. The Bertz CT molecular complexity index is 502. The molecule has 1 unspecified atom stereocenters. The summed E-state index contributed by atoms with van der Waals surface area (Å²) in [5, 5.41) is 8.04. The van der Waals surface area contributed by atoms with E-state index in [4.69, 9.17) is 0 Å². The van der Waals surface area contributed by atoms with Crippen molar-refractivity contribution in [3.8, 4) is 0 Å². The first-order valence-electron chi connectivity index (χ1n) is 7.44. The number of aryl methyl sites for hydroxylation is 1. The summed E-state index contributed by atoms with van der Waals surface area (Å²) in [6.07, 6.45) is 5.30. The second kappa shape index (κ2) is 7.25. The smallest absolute Gasteiger partial charge is 0.0640 e. The van der Waals surface area contributed by atoms with Gasteiger partial charge in [-0.25, -0.2) is 0 Å². The van der Waals surface area contributed by atoms with Crippen LogP contribution in [0.15, 0.2) is 42.6 Å². The summed E-state index contributed by atoms with van der Waals surface area (Å²) in [5.41, 5.74) is 2.58. The van der Waals surface area contributed by atoms with E-state index in [2.05, 4.69) is 66.9 Å². The number of likely N-dealkylation sites (N-methyl/N-ethyl adjacent to an activating group) is 1. The molecule has 20 heavy (non-hydrogen) atoms. The monoisotopic (exact) mass is 271 g/mol. The minimum absolute atomic E-state index is 0.432. The van der Waals surface area contributed by atoms with Gasteiger partial charge in [-0.15, -0.1) is 0 Å². The Morgan fingerprint density at radius 2 is 1.90 bits per heavy atom. The van der Waals surface area contributed by atoms with E-state index >= 15 is 0 Å². The third-order valence-corrected chi connectivity index (χ3v) is 3.68. The minimum Gasteiger partial charge on any atom is -0.317 e. The molecule has 1 N–H and O–H groups in total. The lowest BCUT2D eigenvalue weighted by molar-refractivity contribution is 0.493. The average Bonchev–Trinajstić information content (AvgIpc) is 2.93. The number of nitrogens with zero attached hydrogens (tertiary/aromatic N) is 2. The van der Waals surface area contributed by atoms with Crippen LogP contribution in [0.25, 0.3) is 0 Å². The molecule has 0 saturated heterocycles. The van der Waals surface area contributed by atoms with Gasteiger partial charge >= 0.3 is 0 Å². The van der Waals surface area contributed by atoms with Gasteiger partial charge in [0, 0.05) is 24.7 Å². The van der Waals surface area contributed by atoms with E-state index in [-0.39, 0.29) is 0 Å². The summed E-state index contributed by atoms with van der Waals surface area (Å²) in [6.45, 7) is 4.31. The van der Waals surface area contributed by atoms with Crippen LogP contribution < -0.4 is 5.32 Å². The van der Waals surface area contributed by atoms with Gasteiger partial charge in [0.05, 0.1) is 5.69 Å². The highest BCUT2D eigenvalue weighted by atomic mass is 15.3. The van der Waals surface area contributed by atoms with Gasteiger partial charge in [0.1, 0.15) is 0 Å². The lowest BCUT2D eigenvalue weighted by Gasteiger charge is -2.15. The fourth-order valence-electron chi connectivity index (χ4n) is 2.36. The first kappa shape index (κ1) is 14.8. The number of benzene rings is 1. The Balaban J connectivity index is 1.88. The van der Waals surface area contributed by atoms with Gasteiger partial charge < -0.3 is 5.32 Å². The van der Waals surface area contributed by atoms with Crippen molar-refractivity contribution in [2.45, 2.75) is 45.2 Å². The molecule has 0 aliphatic carbocycles. The molecule has 2 rings (SSSR count). The van der Waals surface area contributed by atoms with Crippen molar-refractivity contribution in [3.63, 3.8) is 0 Å². The number of nitrogens with one attached hydrogen (secondary N) is 1. The first-order chi connectivity index (χ1) is 9.69. The van der Waals surface area contributed by atoms with Gasteiger partial charge in [-0.1, -0.05) is 30.3 Å². The Kier molecular flexibility index (Phi) is 5.36. The summed E-state index contributed by atoms with van der Waals surface area (Å²) in [5.74, 6) is 0. The zero-order valence-electron chi connectivity index (χ0n) is 12.7. The highest BCUT2D eigenvalue weighted by molar-refractivity contribution is 5.15. The number of rotatable bonds is 7. The molecule has 2 aromatic rings. The van der Waals surface area contributed by atoms with Crippen molar-refractivity contribution >= 4 is 0 Å². The molecule has 3 nitrogen and oxygen atoms in total. The maximum absolute atomic E-state index is 4.63. The van der Waals surface area contributed by atoms with Crippen LogP contribution in [-0.2, 0) is 12.8 Å². The molecule has 108 valence electrons. The van der Waals surface area contributed by atoms with Crippen molar-refractivity contribution < 1.29 is 0 Å². The summed E-state index contributed by atoms with van der Waals surface area (Å²) >= 11 is 0. The number of hydrogen-bond donors (Lipinski definition) is 1. The number of aromatic nitrogens is 2. The number of hydrogen-bond acceptors (Lipinski definition) is 2. The van der Waals surface area contributed by atoms with Gasteiger partial charge in [-0.05, 0) is 45.4 Å². The highest BCUT2D eigenvalue weighted by Crippen LogP contribution is 2.10. The molecule has 1 atom stereocenters. The third kappa shape index (κ3) is 4.20. The van der Waals surface area contributed by atoms with Gasteiger partial charge in [-0.3, -0.25) is 4.68 Å². The molecule has 0 bridgehead atoms. The van der Waals surface area contributed by atoms with Gasteiger partial charge in [0.25, 0.3) is 0 Å². The quantitative estimate of drug-likeness (QED) is 0.838.